The molecule has 1 aliphatic rings. The molecule has 2 rings (SSSR count). The molecule has 1 unspecified atom stereocenters. The summed E-state index contributed by atoms with van der Waals surface area (Å²) in [6.07, 6.45) is 0.855. The van der Waals surface area contributed by atoms with Gasteiger partial charge in [0.2, 0.25) is 0 Å². The third-order valence-electron chi connectivity index (χ3n) is 3.13. The van der Waals surface area contributed by atoms with E-state index in [0.717, 1.165) is 6.42 Å². The Hall–Kier alpha value is -0.940. The molecule has 0 saturated carbocycles. The van der Waals surface area contributed by atoms with Gasteiger partial charge in [0.1, 0.15) is 5.82 Å². The van der Waals surface area contributed by atoms with Gasteiger partial charge in [-0.2, -0.15) is 0 Å². The van der Waals surface area contributed by atoms with E-state index in [1.54, 1.807) is 0 Å². The highest BCUT2D eigenvalue weighted by Gasteiger charge is 2.26. The van der Waals surface area contributed by atoms with Gasteiger partial charge in [0.25, 0.3) is 5.91 Å². The number of ether oxygens (including phenoxy) is 1. The van der Waals surface area contributed by atoms with Crippen molar-refractivity contribution >= 4 is 21.8 Å². The maximum Gasteiger partial charge on any atom is 0.254 e. The molecule has 3 nitrogen and oxygen atoms in total. The van der Waals surface area contributed by atoms with Crippen molar-refractivity contribution in [3.05, 3.63) is 34.1 Å². The van der Waals surface area contributed by atoms with Crippen molar-refractivity contribution in [2.24, 2.45) is 0 Å². The second-order valence-corrected chi connectivity index (χ2v) is 5.12. The van der Waals surface area contributed by atoms with Crippen LogP contribution in [0.1, 0.15) is 23.7 Å². The molecule has 0 spiro atoms. The minimum Gasteiger partial charge on any atom is -0.377 e. The number of benzene rings is 1. The Balaban J connectivity index is 2.21. The molecule has 1 saturated heterocycles. The number of carbonyl (C=O) groups is 1. The maximum atomic E-state index is 13.2. The van der Waals surface area contributed by atoms with Gasteiger partial charge in [0.05, 0.1) is 23.7 Å². The van der Waals surface area contributed by atoms with Crippen LogP contribution in [-0.2, 0) is 4.74 Å². The van der Waals surface area contributed by atoms with E-state index in [4.69, 9.17) is 4.74 Å². The summed E-state index contributed by atoms with van der Waals surface area (Å²) in [4.78, 5) is 14.2. The van der Waals surface area contributed by atoms with E-state index in [1.165, 1.54) is 18.2 Å². The Kier molecular flexibility index (Phi) is 4.35. The van der Waals surface area contributed by atoms with Gasteiger partial charge in [0, 0.05) is 12.1 Å². The summed E-state index contributed by atoms with van der Waals surface area (Å²) in [7, 11) is 0. The van der Waals surface area contributed by atoms with Crippen molar-refractivity contribution in [3.63, 3.8) is 0 Å². The van der Waals surface area contributed by atoms with E-state index in [0.29, 0.717) is 29.8 Å². The topological polar surface area (TPSA) is 29.5 Å². The molecule has 98 valence electrons. The van der Waals surface area contributed by atoms with Gasteiger partial charge in [-0.05, 0) is 40.5 Å². The molecule has 1 atom stereocenters. The minimum absolute atomic E-state index is 0.0640. The number of rotatable bonds is 2. The lowest BCUT2D eigenvalue weighted by Gasteiger charge is -2.35. The van der Waals surface area contributed by atoms with Gasteiger partial charge in [-0.15, -0.1) is 0 Å². The van der Waals surface area contributed by atoms with E-state index < -0.39 is 0 Å². The van der Waals surface area contributed by atoms with Crippen LogP contribution in [0.25, 0.3) is 0 Å². The number of morpholine rings is 1. The van der Waals surface area contributed by atoms with Crippen LogP contribution >= 0.6 is 15.9 Å². The van der Waals surface area contributed by atoms with Crippen LogP contribution in [0.3, 0.4) is 0 Å². The van der Waals surface area contributed by atoms with Gasteiger partial charge in [-0.25, -0.2) is 4.39 Å². The largest absolute Gasteiger partial charge is 0.377 e. The highest BCUT2D eigenvalue weighted by atomic mass is 79.9. The Morgan fingerprint density at radius 2 is 2.39 bits per heavy atom. The highest BCUT2D eigenvalue weighted by molar-refractivity contribution is 9.10. The SMILES string of the molecule is CCC1COCCN1C(=O)c1ccc(F)c(Br)c1. The van der Waals surface area contributed by atoms with E-state index in [1.807, 2.05) is 11.8 Å². The van der Waals surface area contributed by atoms with Crippen molar-refractivity contribution in [3.8, 4) is 0 Å². The molecule has 5 heteroatoms. The molecule has 1 fully saturated rings. The zero-order chi connectivity index (χ0) is 13.1. The number of amides is 1. The lowest BCUT2D eigenvalue weighted by Crippen LogP contribution is -2.48. The van der Waals surface area contributed by atoms with Crippen LogP contribution in [-0.4, -0.2) is 36.6 Å². The lowest BCUT2D eigenvalue weighted by molar-refractivity contribution is -0.00280. The molecule has 18 heavy (non-hydrogen) atoms. The molecule has 1 aromatic rings. The molecule has 0 bridgehead atoms. The molecule has 0 aliphatic carbocycles. The number of hydrogen-bond donors (Lipinski definition) is 0. The molecule has 0 aromatic heterocycles. The first kappa shape index (κ1) is 13.5. The summed E-state index contributed by atoms with van der Waals surface area (Å²) in [6, 6.07) is 4.46. The van der Waals surface area contributed by atoms with Crippen molar-refractivity contribution in [1.29, 1.82) is 0 Å². The summed E-state index contributed by atoms with van der Waals surface area (Å²) in [5.74, 6) is -0.425. The molecule has 0 N–H and O–H groups in total. The molecule has 1 aromatic carbocycles. The van der Waals surface area contributed by atoms with Gasteiger partial charge in [-0.1, -0.05) is 6.92 Å². The summed E-state index contributed by atoms with van der Waals surface area (Å²) < 4.78 is 18.8. The number of hydrogen-bond acceptors (Lipinski definition) is 2. The average Bonchev–Trinajstić information content (AvgIpc) is 2.41. The predicted molar refractivity (Wildman–Crippen MR) is 70.0 cm³/mol. The van der Waals surface area contributed by atoms with Gasteiger partial charge >= 0.3 is 0 Å². The third kappa shape index (κ3) is 2.72. The average molecular weight is 316 g/mol. The number of nitrogens with zero attached hydrogens (tertiary/aromatic N) is 1. The predicted octanol–water partition coefficient (Wildman–Crippen LogP) is 2.84. The van der Waals surface area contributed by atoms with E-state index >= 15 is 0 Å². The van der Waals surface area contributed by atoms with E-state index in [2.05, 4.69) is 15.9 Å². The Morgan fingerprint density at radius 1 is 1.61 bits per heavy atom. The molecule has 1 amide bonds. The Bertz CT molecular complexity index is 453. The van der Waals surface area contributed by atoms with Crippen LogP contribution < -0.4 is 0 Å². The maximum absolute atomic E-state index is 13.2. The van der Waals surface area contributed by atoms with Crippen molar-refractivity contribution in [1.82, 2.24) is 4.90 Å². The smallest absolute Gasteiger partial charge is 0.254 e. The van der Waals surface area contributed by atoms with Crippen LogP contribution in [0.4, 0.5) is 4.39 Å². The first-order chi connectivity index (χ1) is 8.63. The van der Waals surface area contributed by atoms with Crippen LogP contribution in [0, 0.1) is 5.82 Å². The fourth-order valence-corrected chi connectivity index (χ4v) is 2.43. The first-order valence-corrected chi connectivity index (χ1v) is 6.76. The van der Waals surface area contributed by atoms with Crippen LogP contribution in [0.5, 0.6) is 0 Å². The molecule has 0 radical (unpaired) electrons. The monoisotopic (exact) mass is 315 g/mol. The minimum atomic E-state index is -0.361. The van der Waals surface area contributed by atoms with Crippen LogP contribution in [0.2, 0.25) is 0 Å². The summed E-state index contributed by atoms with van der Waals surface area (Å²) >= 11 is 3.10. The Morgan fingerprint density at radius 3 is 3.06 bits per heavy atom. The Labute approximate surface area is 114 Å². The van der Waals surface area contributed by atoms with E-state index in [-0.39, 0.29) is 17.8 Å². The molecular formula is C13H15BrFNO2. The van der Waals surface area contributed by atoms with E-state index in [9.17, 15) is 9.18 Å². The van der Waals surface area contributed by atoms with Crippen molar-refractivity contribution in [2.75, 3.05) is 19.8 Å². The summed E-state index contributed by atoms with van der Waals surface area (Å²) in [5, 5.41) is 0. The third-order valence-corrected chi connectivity index (χ3v) is 3.73. The lowest BCUT2D eigenvalue weighted by atomic mass is 10.1. The van der Waals surface area contributed by atoms with Crippen molar-refractivity contribution in [2.45, 2.75) is 19.4 Å². The standard InChI is InChI=1S/C13H15BrFNO2/c1-2-10-8-18-6-5-16(10)13(17)9-3-4-12(15)11(14)7-9/h3-4,7,10H,2,5-6,8H2,1H3. The van der Waals surface area contributed by atoms with Gasteiger partial charge in [-0.3, -0.25) is 4.79 Å². The number of carbonyl (C=O) groups excluding carboxylic acids is 1. The second kappa shape index (κ2) is 5.80. The fraction of sp³-hybridized carbons (Fsp3) is 0.462. The molecule has 1 heterocycles. The second-order valence-electron chi connectivity index (χ2n) is 4.26. The summed E-state index contributed by atoms with van der Waals surface area (Å²) in [5.41, 5.74) is 0.503. The summed E-state index contributed by atoms with van der Waals surface area (Å²) in [6.45, 7) is 3.75. The fourth-order valence-electron chi connectivity index (χ4n) is 2.06. The van der Waals surface area contributed by atoms with Crippen molar-refractivity contribution < 1.29 is 13.9 Å². The molecule has 1 aliphatic heterocycles. The zero-order valence-electron chi connectivity index (χ0n) is 10.2. The van der Waals surface area contributed by atoms with Gasteiger partial charge < -0.3 is 9.64 Å². The highest BCUT2D eigenvalue weighted by Crippen LogP contribution is 2.20. The normalized spacial score (nSPS) is 19.9. The zero-order valence-corrected chi connectivity index (χ0v) is 11.7. The molecular weight excluding hydrogens is 301 g/mol. The first-order valence-electron chi connectivity index (χ1n) is 5.97. The quantitative estimate of drug-likeness (QED) is 0.840. The number of halogens is 2. The van der Waals surface area contributed by atoms with Crippen LogP contribution in [0.15, 0.2) is 22.7 Å². The van der Waals surface area contributed by atoms with Gasteiger partial charge in [0.15, 0.2) is 0 Å².